The van der Waals surface area contributed by atoms with Crippen LogP contribution in [-0.4, -0.2) is 35.9 Å². The van der Waals surface area contributed by atoms with Gasteiger partial charge in [-0.1, -0.05) is 11.6 Å². The van der Waals surface area contributed by atoms with Crippen LogP contribution in [0.5, 0.6) is 0 Å². The summed E-state index contributed by atoms with van der Waals surface area (Å²) in [6.45, 7) is 9.15. The zero-order chi connectivity index (χ0) is 11.7. The second-order valence-electron chi connectivity index (χ2n) is 4.37. The van der Waals surface area contributed by atoms with E-state index in [-0.39, 0.29) is 0 Å². The van der Waals surface area contributed by atoms with Crippen molar-refractivity contribution in [1.29, 1.82) is 0 Å². The van der Waals surface area contributed by atoms with Crippen molar-refractivity contribution in [2.24, 2.45) is 0 Å². The molecule has 0 amide bonds. The summed E-state index contributed by atoms with van der Waals surface area (Å²) in [5.74, 6) is 0.968. The fraction of sp³-hybridized carbons (Fsp3) is 0.636. The van der Waals surface area contributed by atoms with Crippen LogP contribution in [0.4, 0.5) is 5.82 Å². The Morgan fingerprint density at radius 2 is 2.06 bits per heavy atom. The van der Waals surface area contributed by atoms with E-state index in [1.54, 1.807) is 0 Å². The van der Waals surface area contributed by atoms with E-state index in [4.69, 9.17) is 11.6 Å². The van der Waals surface area contributed by atoms with Crippen LogP contribution >= 0.6 is 11.6 Å². The molecule has 1 atom stereocenters. The highest BCUT2D eigenvalue weighted by atomic mass is 35.5. The first-order valence-electron chi connectivity index (χ1n) is 5.57. The highest BCUT2D eigenvalue weighted by molar-refractivity contribution is 6.30. The molecule has 4 nitrogen and oxygen atoms in total. The van der Waals surface area contributed by atoms with Gasteiger partial charge in [0.15, 0.2) is 11.0 Å². The predicted octanol–water partition coefficient (Wildman–Crippen LogP) is 1.54. The molecule has 0 radical (unpaired) electrons. The fourth-order valence-electron chi connectivity index (χ4n) is 1.99. The van der Waals surface area contributed by atoms with Crippen molar-refractivity contribution in [1.82, 2.24) is 15.5 Å². The number of hydrogen-bond acceptors (Lipinski definition) is 4. The molecule has 1 aromatic heterocycles. The van der Waals surface area contributed by atoms with Gasteiger partial charge < -0.3 is 10.2 Å². The number of hydrogen-bond donors (Lipinski definition) is 1. The Morgan fingerprint density at radius 3 is 2.75 bits per heavy atom. The summed E-state index contributed by atoms with van der Waals surface area (Å²) in [7, 11) is 0. The van der Waals surface area contributed by atoms with Gasteiger partial charge in [-0.2, -0.15) is 0 Å². The molecule has 2 heterocycles. The van der Waals surface area contributed by atoms with Crippen LogP contribution in [0.25, 0.3) is 0 Å². The van der Waals surface area contributed by atoms with Crippen LogP contribution in [0.1, 0.15) is 18.1 Å². The maximum Gasteiger partial charge on any atom is 0.155 e. The Labute approximate surface area is 101 Å². The Bertz CT molecular complexity index is 394. The molecule has 0 bridgehead atoms. The molecule has 16 heavy (non-hydrogen) atoms. The van der Waals surface area contributed by atoms with Gasteiger partial charge in [0.05, 0.1) is 0 Å². The van der Waals surface area contributed by atoms with E-state index >= 15 is 0 Å². The summed E-state index contributed by atoms with van der Waals surface area (Å²) >= 11 is 5.95. The number of nitrogens with zero attached hydrogens (tertiary/aromatic N) is 3. The Hall–Kier alpha value is -0.870. The minimum atomic E-state index is 0.492. The Kier molecular flexibility index (Phi) is 3.30. The molecular formula is C11H17ClN4. The van der Waals surface area contributed by atoms with Gasteiger partial charge >= 0.3 is 0 Å². The molecule has 0 spiro atoms. The van der Waals surface area contributed by atoms with Crippen LogP contribution in [0, 0.1) is 13.8 Å². The second kappa shape index (κ2) is 4.55. The van der Waals surface area contributed by atoms with Gasteiger partial charge in [-0.05, 0) is 31.9 Å². The standard InChI is InChI=1S/C11H17ClN4/c1-7-6-16(5-4-13-7)11-9(3)8(2)10(12)14-15-11/h7,13H,4-6H2,1-3H3/t7-/m1/s1. The third kappa shape index (κ3) is 2.13. The summed E-state index contributed by atoms with van der Waals surface area (Å²) < 4.78 is 0. The molecule has 1 N–H and O–H groups in total. The third-order valence-corrected chi connectivity index (χ3v) is 3.47. The smallest absolute Gasteiger partial charge is 0.155 e. The summed E-state index contributed by atoms with van der Waals surface area (Å²) in [5.41, 5.74) is 2.16. The number of anilines is 1. The molecule has 0 aromatic carbocycles. The highest BCUT2D eigenvalue weighted by Gasteiger charge is 2.20. The Morgan fingerprint density at radius 1 is 1.31 bits per heavy atom. The zero-order valence-corrected chi connectivity index (χ0v) is 10.7. The quantitative estimate of drug-likeness (QED) is 0.809. The molecule has 2 rings (SSSR count). The summed E-state index contributed by atoms with van der Waals surface area (Å²) in [5, 5.41) is 12.1. The van der Waals surface area contributed by atoms with Crippen LogP contribution in [-0.2, 0) is 0 Å². The zero-order valence-electron chi connectivity index (χ0n) is 9.92. The first kappa shape index (κ1) is 11.6. The summed E-state index contributed by atoms with van der Waals surface area (Å²) in [6.07, 6.45) is 0. The van der Waals surface area contributed by atoms with Gasteiger partial charge in [0.1, 0.15) is 0 Å². The van der Waals surface area contributed by atoms with E-state index in [2.05, 4.69) is 34.3 Å². The predicted molar refractivity (Wildman–Crippen MR) is 66.2 cm³/mol. The molecule has 1 fully saturated rings. The van der Waals surface area contributed by atoms with Crippen LogP contribution in [0.3, 0.4) is 0 Å². The van der Waals surface area contributed by atoms with Crippen molar-refractivity contribution < 1.29 is 0 Å². The number of halogens is 1. The molecule has 1 aliphatic rings. The monoisotopic (exact) mass is 240 g/mol. The number of nitrogens with one attached hydrogen (secondary N) is 1. The van der Waals surface area contributed by atoms with Gasteiger partial charge in [-0.3, -0.25) is 0 Å². The average molecular weight is 241 g/mol. The lowest BCUT2D eigenvalue weighted by molar-refractivity contribution is 0.480. The summed E-state index contributed by atoms with van der Waals surface area (Å²) in [4.78, 5) is 2.27. The first-order valence-corrected chi connectivity index (χ1v) is 5.95. The lowest BCUT2D eigenvalue weighted by atomic mass is 10.1. The van der Waals surface area contributed by atoms with Gasteiger partial charge in [-0.25, -0.2) is 0 Å². The van der Waals surface area contributed by atoms with Crippen molar-refractivity contribution in [2.45, 2.75) is 26.8 Å². The van der Waals surface area contributed by atoms with E-state index in [0.29, 0.717) is 11.2 Å². The molecule has 0 unspecified atom stereocenters. The van der Waals surface area contributed by atoms with Crippen LogP contribution < -0.4 is 10.2 Å². The summed E-state index contributed by atoms with van der Waals surface area (Å²) in [6, 6.07) is 0.492. The van der Waals surface area contributed by atoms with Crippen molar-refractivity contribution in [3.63, 3.8) is 0 Å². The van der Waals surface area contributed by atoms with Crippen molar-refractivity contribution in [3.05, 3.63) is 16.3 Å². The van der Waals surface area contributed by atoms with Gasteiger partial charge in [-0.15, -0.1) is 10.2 Å². The minimum absolute atomic E-state index is 0.492. The molecular weight excluding hydrogens is 224 g/mol. The maximum absolute atomic E-state index is 5.95. The van der Waals surface area contributed by atoms with E-state index in [9.17, 15) is 0 Å². The minimum Gasteiger partial charge on any atom is -0.352 e. The maximum atomic E-state index is 5.95. The van der Waals surface area contributed by atoms with E-state index in [1.807, 2.05) is 6.92 Å². The first-order chi connectivity index (χ1) is 7.59. The van der Waals surface area contributed by atoms with E-state index in [0.717, 1.165) is 36.6 Å². The number of aromatic nitrogens is 2. The van der Waals surface area contributed by atoms with Gasteiger partial charge in [0, 0.05) is 25.7 Å². The van der Waals surface area contributed by atoms with Crippen LogP contribution in [0.15, 0.2) is 0 Å². The van der Waals surface area contributed by atoms with Crippen molar-refractivity contribution in [2.75, 3.05) is 24.5 Å². The van der Waals surface area contributed by atoms with Gasteiger partial charge in [0.2, 0.25) is 0 Å². The fourth-order valence-corrected chi connectivity index (χ4v) is 2.17. The van der Waals surface area contributed by atoms with Gasteiger partial charge in [0.25, 0.3) is 0 Å². The SMILES string of the molecule is Cc1c(Cl)nnc(N2CCN[C@H](C)C2)c1C. The highest BCUT2D eigenvalue weighted by Crippen LogP contribution is 2.24. The van der Waals surface area contributed by atoms with Crippen LogP contribution in [0.2, 0.25) is 5.15 Å². The third-order valence-electron chi connectivity index (χ3n) is 3.11. The molecule has 0 aliphatic carbocycles. The Balaban J connectivity index is 2.29. The van der Waals surface area contributed by atoms with Crippen molar-refractivity contribution >= 4 is 17.4 Å². The molecule has 1 saturated heterocycles. The topological polar surface area (TPSA) is 41.1 Å². The largest absolute Gasteiger partial charge is 0.352 e. The molecule has 1 aromatic rings. The average Bonchev–Trinajstić information content (AvgIpc) is 2.26. The second-order valence-corrected chi connectivity index (χ2v) is 4.72. The lowest BCUT2D eigenvalue weighted by Crippen LogP contribution is -2.49. The molecule has 5 heteroatoms. The molecule has 88 valence electrons. The molecule has 0 saturated carbocycles. The van der Waals surface area contributed by atoms with E-state index in [1.165, 1.54) is 0 Å². The lowest BCUT2D eigenvalue weighted by Gasteiger charge is -2.33. The van der Waals surface area contributed by atoms with Crippen molar-refractivity contribution in [3.8, 4) is 0 Å². The van der Waals surface area contributed by atoms with E-state index < -0.39 is 0 Å². The molecule has 1 aliphatic heterocycles. The normalized spacial score (nSPS) is 21.2. The number of piperazine rings is 1. The number of rotatable bonds is 1.